The maximum Gasteiger partial charge on any atom is 0.164 e. The van der Waals surface area contributed by atoms with Crippen molar-refractivity contribution in [2.45, 2.75) is 0 Å². The molecule has 6 nitrogen and oxygen atoms in total. The Morgan fingerprint density at radius 1 is 0.351 bits per heavy atom. The predicted molar refractivity (Wildman–Crippen MR) is 230 cm³/mol. The van der Waals surface area contributed by atoms with E-state index in [1.54, 1.807) is 0 Å². The Kier molecular flexibility index (Phi) is 6.83. The first-order chi connectivity index (χ1) is 28.2. The van der Waals surface area contributed by atoms with Gasteiger partial charge in [0.1, 0.15) is 22.3 Å². The fraction of sp³-hybridized carbons (Fsp3) is 0. The van der Waals surface area contributed by atoms with Gasteiger partial charge in [-0.1, -0.05) is 115 Å². The summed E-state index contributed by atoms with van der Waals surface area (Å²) >= 11 is 0. The zero-order valence-corrected chi connectivity index (χ0v) is 30.4. The van der Waals surface area contributed by atoms with Gasteiger partial charge in [0.2, 0.25) is 0 Å². The van der Waals surface area contributed by atoms with Gasteiger partial charge in [-0.15, -0.1) is 0 Å². The van der Waals surface area contributed by atoms with Crippen LogP contribution in [0.5, 0.6) is 0 Å². The highest BCUT2D eigenvalue weighted by Crippen LogP contribution is 2.43. The first-order valence-corrected chi connectivity index (χ1v) is 19.0. The molecule has 0 spiro atoms. The number of aromatic nitrogens is 4. The Hall–Kier alpha value is -7.83. The number of nitrogens with zero attached hydrogens (tertiary/aromatic N) is 4. The summed E-state index contributed by atoms with van der Waals surface area (Å²) in [6, 6.07) is 62.7. The predicted octanol–water partition coefficient (Wildman–Crippen LogP) is 13.4. The summed E-state index contributed by atoms with van der Waals surface area (Å²) in [5, 5.41) is 6.46. The lowest BCUT2D eigenvalue weighted by Crippen LogP contribution is -2.00. The summed E-state index contributed by atoms with van der Waals surface area (Å²) in [6.07, 6.45) is 0. The highest BCUT2D eigenvalue weighted by molar-refractivity contribution is 6.17. The monoisotopic (exact) mass is 730 g/mol. The second-order valence-corrected chi connectivity index (χ2v) is 14.4. The Balaban J connectivity index is 1.08. The third kappa shape index (κ3) is 4.94. The van der Waals surface area contributed by atoms with Crippen LogP contribution in [0.15, 0.2) is 191 Å². The number of hydrogen-bond donors (Lipinski definition) is 0. The van der Waals surface area contributed by atoms with E-state index in [-0.39, 0.29) is 0 Å². The smallest absolute Gasteiger partial charge is 0.164 e. The molecule has 0 unspecified atom stereocenters. The van der Waals surface area contributed by atoms with Crippen molar-refractivity contribution in [3.8, 4) is 51.0 Å². The van der Waals surface area contributed by atoms with Crippen LogP contribution in [-0.2, 0) is 0 Å². The summed E-state index contributed by atoms with van der Waals surface area (Å²) in [4.78, 5) is 15.4. The summed E-state index contributed by atoms with van der Waals surface area (Å²) in [5.74, 6) is 1.71. The van der Waals surface area contributed by atoms with Crippen LogP contribution in [0.4, 0.5) is 0 Å². The number of hydrogen-bond acceptors (Lipinski definition) is 5. The van der Waals surface area contributed by atoms with Crippen molar-refractivity contribution in [3.63, 3.8) is 0 Å². The van der Waals surface area contributed by atoms with E-state index in [4.69, 9.17) is 23.8 Å². The van der Waals surface area contributed by atoms with Gasteiger partial charge < -0.3 is 13.4 Å². The van der Waals surface area contributed by atoms with Crippen LogP contribution in [0.2, 0.25) is 0 Å². The van der Waals surface area contributed by atoms with Crippen LogP contribution in [0.1, 0.15) is 0 Å². The highest BCUT2D eigenvalue weighted by atomic mass is 16.3. The van der Waals surface area contributed by atoms with E-state index in [0.717, 1.165) is 82.9 Å². The second-order valence-electron chi connectivity index (χ2n) is 14.4. The van der Waals surface area contributed by atoms with Crippen molar-refractivity contribution in [2.24, 2.45) is 0 Å². The molecule has 0 aliphatic rings. The van der Waals surface area contributed by atoms with Gasteiger partial charge in [-0.3, -0.25) is 0 Å². The number of fused-ring (bicyclic) bond motifs is 9. The van der Waals surface area contributed by atoms with Crippen molar-refractivity contribution < 1.29 is 8.83 Å². The van der Waals surface area contributed by atoms with Gasteiger partial charge in [0.15, 0.2) is 17.5 Å². The molecule has 8 aromatic carbocycles. The second kappa shape index (κ2) is 12.3. The zero-order chi connectivity index (χ0) is 37.5. The van der Waals surface area contributed by atoms with Gasteiger partial charge >= 0.3 is 0 Å². The normalized spacial score (nSPS) is 11.9. The molecule has 0 radical (unpaired) electrons. The molecular formula is C51H30N4O2. The molecule has 0 saturated heterocycles. The van der Waals surface area contributed by atoms with E-state index in [1.165, 1.54) is 16.3 Å². The van der Waals surface area contributed by atoms with Crippen LogP contribution >= 0.6 is 0 Å². The minimum atomic E-state index is 0.562. The Bertz CT molecular complexity index is 3530. The first-order valence-electron chi connectivity index (χ1n) is 19.0. The van der Waals surface area contributed by atoms with Crippen LogP contribution in [0.25, 0.3) is 117 Å². The van der Waals surface area contributed by atoms with Gasteiger partial charge in [0.05, 0.1) is 11.0 Å². The number of benzene rings is 8. The van der Waals surface area contributed by atoms with Gasteiger partial charge in [-0.2, -0.15) is 0 Å². The molecule has 6 heteroatoms. The van der Waals surface area contributed by atoms with E-state index in [9.17, 15) is 0 Å². The van der Waals surface area contributed by atoms with E-state index >= 15 is 0 Å². The fourth-order valence-corrected chi connectivity index (χ4v) is 8.44. The van der Waals surface area contributed by atoms with Crippen LogP contribution in [-0.4, -0.2) is 19.5 Å². The lowest BCUT2D eigenvalue weighted by atomic mass is 9.97. The molecule has 0 bridgehead atoms. The molecule has 0 aliphatic heterocycles. The maximum absolute atomic E-state index is 6.79. The Morgan fingerprint density at radius 3 is 1.77 bits per heavy atom. The fourth-order valence-electron chi connectivity index (χ4n) is 8.44. The molecule has 0 saturated carbocycles. The summed E-state index contributed by atoms with van der Waals surface area (Å²) in [7, 11) is 0. The lowest BCUT2D eigenvalue weighted by molar-refractivity contribution is 0.669. The molecule has 0 fully saturated rings. The third-order valence-electron chi connectivity index (χ3n) is 11.1. The topological polar surface area (TPSA) is 69.9 Å². The summed E-state index contributed by atoms with van der Waals surface area (Å²) in [6.45, 7) is 0. The van der Waals surface area contributed by atoms with Crippen molar-refractivity contribution in [2.75, 3.05) is 0 Å². The van der Waals surface area contributed by atoms with Gasteiger partial charge in [-0.05, 0) is 72.3 Å². The standard InChI is InChI=1S/C51H30N4O2/c1-3-13-31(14-4-1)49-52-50(33-23-25-38-37-18-8-11-21-44(37)56-46(38)30-33)54-51(53-49)40-27-26-35(48-47(40)39-19-9-12-22-45(39)57-48)32-24-28-43-41(29-32)36-17-7-10-20-42(36)55(43)34-15-5-2-6-16-34/h1-30H. The van der Waals surface area contributed by atoms with E-state index in [2.05, 4.69) is 120 Å². The Labute approximate surface area is 325 Å². The van der Waals surface area contributed by atoms with Gasteiger partial charge in [-0.25, -0.2) is 15.0 Å². The minimum Gasteiger partial charge on any atom is -0.456 e. The minimum absolute atomic E-state index is 0.562. The van der Waals surface area contributed by atoms with Crippen molar-refractivity contribution >= 4 is 65.7 Å². The number of furan rings is 2. The molecule has 12 aromatic rings. The SMILES string of the molecule is c1ccc(-c2nc(-c3ccc4c(c3)oc3ccccc34)nc(-c3ccc(-c4ccc5c(c4)c4ccccc4n5-c4ccccc4)c4oc5ccccc5c34)n2)cc1. The van der Waals surface area contributed by atoms with E-state index < -0.39 is 0 Å². The van der Waals surface area contributed by atoms with Crippen LogP contribution in [0.3, 0.4) is 0 Å². The summed E-state index contributed by atoms with van der Waals surface area (Å²) in [5.41, 5.74) is 11.3. The van der Waals surface area contributed by atoms with Crippen molar-refractivity contribution in [1.82, 2.24) is 19.5 Å². The van der Waals surface area contributed by atoms with Gasteiger partial charge in [0.25, 0.3) is 0 Å². The largest absolute Gasteiger partial charge is 0.456 e. The van der Waals surface area contributed by atoms with Crippen molar-refractivity contribution in [3.05, 3.63) is 182 Å². The molecule has 0 amide bonds. The molecule has 4 aromatic heterocycles. The molecule has 0 aliphatic carbocycles. The van der Waals surface area contributed by atoms with Crippen LogP contribution in [0, 0.1) is 0 Å². The van der Waals surface area contributed by atoms with Gasteiger partial charge in [0, 0.05) is 60.3 Å². The average Bonchev–Trinajstić information content (AvgIpc) is 3.96. The Morgan fingerprint density at radius 2 is 0.947 bits per heavy atom. The first kappa shape index (κ1) is 31.5. The molecule has 12 rings (SSSR count). The number of rotatable bonds is 5. The maximum atomic E-state index is 6.79. The molecule has 0 N–H and O–H groups in total. The quantitative estimate of drug-likeness (QED) is 0.176. The average molecular weight is 731 g/mol. The highest BCUT2D eigenvalue weighted by Gasteiger charge is 2.22. The van der Waals surface area contributed by atoms with Crippen LogP contribution < -0.4 is 0 Å². The lowest BCUT2D eigenvalue weighted by Gasteiger charge is -2.11. The number of para-hydroxylation sites is 4. The molecule has 0 atom stereocenters. The molecule has 57 heavy (non-hydrogen) atoms. The third-order valence-corrected chi connectivity index (χ3v) is 11.1. The van der Waals surface area contributed by atoms with E-state index in [0.29, 0.717) is 17.5 Å². The van der Waals surface area contributed by atoms with Crippen molar-refractivity contribution in [1.29, 1.82) is 0 Å². The summed E-state index contributed by atoms with van der Waals surface area (Å²) < 4.78 is 15.4. The zero-order valence-electron chi connectivity index (χ0n) is 30.4. The molecule has 266 valence electrons. The molecular weight excluding hydrogens is 701 g/mol. The molecule has 4 heterocycles. The van der Waals surface area contributed by atoms with E-state index in [1.807, 2.05) is 66.7 Å².